The molecule has 0 aliphatic carbocycles. The van der Waals surface area contributed by atoms with Crippen molar-refractivity contribution in [3.63, 3.8) is 0 Å². The summed E-state index contributed by atoms with van der Waals surface area (Å²) in [6.45, 7) is 1.14. The molecule has 4 nitrogen and oxygen atoms in total. The molecular formula is C12H17Cl3N2O2S. The Morgan fingerprint density at radius 1 is 1.35 bits per heavy atom. The lowest BCUT2D eigenvalue weighted by molar-refractivity contribution is 0.379. The van der Waals surface area contributed by atoms with Crippen LogP contribution in [0.4, 0.5) is 0 Å². The number of halogens is 3. The molecule has 0 aromatic heterocycles. The minimum atomic E-state index is -3.64. The van der Waals surface area contributed by atoms with E-state index in [0.717, 1.165) is 12.8 Å². The van der Waals surface area contributed by atoms with Crippen LogP contribution in [0.1, 0.15) is 12.8 Å². The summed E-state index contributed by atoms with van der Waals surface area (Å²) in [6, 6.07) is 4.69. The first-order chi connectivity index (χ1) is 8.98. The van der Waals surface area contributed by atoms with Gasteiger partial charge in [-0.1, -0.05) is 29.3 Å². The van der Waals surface area contributed by atoms with Gasteiger partial charge in [-0.15, -0.1) is 12.4 Å². The topological polar surface area (TPSA) is 49.4 Å². The normalized spacial score (nSPS) is 19.9. The molecule has 2 rings (SSSR count). The molecule has 1 saturated heterocycles. The van der Waals surface area contributed by atoms with E-state index in [0.29, 0.717) is 13.1 Å². The number of hydrogen-bond acceptors (Lipinski definition) is 3. The predicted octanol–water partition coefficient (Wildman–Crippen LogP) is 2.79. The highest BCUT2D eigenvalue weighted by Crippen LogP contribution is 2.34. The van der Waals surface area contributed by atoms with Crippen molar-refractivity contribution in [1.29, 1.82) is 0 Å². The zero-order valence-corrected chi connectivity index (χ0v) is 14.1. The summed E-state index contributed by atoms with van der Waals surface area (Å²) < 4.78 is 26.9. The summed E-state index contributed by atoms with van der Waals surface area (Å²) >= 11 is 12.0. The van der Waals surface area contributed by atoms with Crippen molar-refractivity contribution in [2.45, 2.75) is 23.8 Å². The van der Waals surface area contributed by atoms with E-state index >= 15 is 0 Å². The smallest absolute Gasteiger partial charge is 0.246 e. The fourth-order valence-electron chi connectivity index (χ4n) is 2.41. The van der Waals surface area contributed by atoms with Gasteiger partial charge in [0.25, 0.3) is 0 Å². The minimum absolute atomic E-state index is 0. The van der Waals surface area contributed by atoms with Crippen LogP contribution in [0.15, 0.2) is 23.1 Å². The molecule has 114 valence electrons. The quantitative estimate of drug-likeness (QED) is 0.899. The Morgan fingerprint density at radius 3 is 2.50 bits per heavy atom. The Hall–Kier alpha value is -0.0400. The van der Waals surface area contributed by atoms with Gasteiger partial charge in [-0.3, -0.25) is 0 Å². The van der Waals surface area contributed by atoms with Crippen molar-refractivity contribution < 1.29 is 8.42 Å². The molecule has 1 aliphatic heterocycles. The van der Waals surface area contributed by atoms with Gasteiger partial charge in [0.2, 0.25) is 10.0 Å². The average molecular weight is 360 g/mol. The van der Waals surface area contributed by atoms with Gasteiger partial charge in [0.1, 0.15) is 4.90 Å². The summed E-state index contributed by atoms with van der Waals surface area (Å²) in [4.78, 5) is 0.0151. The second-order valence-electron chi connectivity index (χ2n) is 4.52. The first-order valence-electron chi connectivity index (χ1n) is 6.09. The SMILES string of the molecule is CNCC1CCCN1S(=O)(=O)c1c(Cl)cccc1Cl.Cl. The molecule has 0 spiro atoms. The van der Waals surface area contributed by atoms with E-state index in [-0.39, 0.29) is 33.4 Å². The molecule has 0 radical (unpaired) electrons. The van der Waals surface area contributed by atoms with Crippen molar-refractivity contribution in [2.24, 2.45) is 0 Å². The number of sulfonamides is 1. The first-order valence-corrected chi connectivity index (χ1v) is 8.28. The fourth-order valence-corrected chi connectivity index (χ4v) is 5.20. The van der Waals surface area contributed by atoms with Crippen LogP contribution in [0.25, 0.3) is 0 Å². The summed E-state index contributed by atoms with van der Waals surface area (Å²) in [5.41, 5.74) is 0. The molecule has 0 bridgehead atoms. The molecule has 0 amide bonds. The monoisotopic (exact) mass is 358 g/mol. The van der Waals surface area contributed by atoms with Gasteiger partial charge >= 0.3 is 0 Å². The standard InChI is InChI=1S/C12H16Cl2N2O2S.ClH/c1-15-8-9-4-3-7-16(9)19(17,18)12-10(13)5-2-6-11(12)14;/h2,5-6,9,15H,3-4,7-8H2,1H3;1H. The van der Waals surface area contributed by atoms with E-state index in [2.05, 4.69) is 5.32 Å². The lowest BCUT2D eigenvalue weighted by Gasteiger charge is -2.24. The Morgan fingerprint density at radius 2 is 1.95 bits per heavy atom. The lowest BCUT2D eigenvalue weighted by Crippen LogP contribution is -2.40. The molecule has 1 unspecified atom stereocenters. The van der Waals surface area contributed by atoms with E-state index in [1.165, 1.54) is 4.31 Å². The summed E-state index contributed by atoms with van der Waals surface area (Å²) in [5.74, 6) is 0. The average Bonchev–Trinajstić information content (AvgIpc) is 2.78. The molecule has 1 N–H and O–H groups in total. The highest BCUT2D eigenvalue weighted by Gasteiger charge is 2.37. The van der Waals surface area contributed by atoms with Crippen LogP contribution in [0.2, 0.25) is 10.0 Å². The zero-order chi connectivity index (χ0) is 14.0. The van der Waals surface area contributed by atoms with E-state index in [9.17, 15) is 8.42 Å². The maximum absolute atomic E-state index is 12.7. The maximum Gasteiger partial charge on any atom is 0.246 e. The largest absolute Gasteiger partial charge is 0.318 e. The van der Waals surface area contributed by atoms with Crippen LogP contribution in [0.3, 0.4) is 0 Å². The maximum atomic E-state index is 12.7. The predicted molar refractivity (Wildman–Crippen MR) is 84.6 cm³/mol. The molecule has 1 heterocycles. The van der Waals surface area contributed by atoms with Gasteiger partial charge in [-0.05, 0) is 32.0 Å². The minimum Gasteiger partial charge on any atom is -0.318 e. The third kappa shape index (κ3) is 3.40. The Kier molecular flexibility index (Phi) is 6.57. The van der Waals surface area contributed by atoms with Gasteiger partial charge < -0.3 is 5.32 Å². The van der Waals surface area contributed by atoms with E-state index < -0.39 is 10.0 Å². The van der Waals surface area contributed by atoms with Crippen LogP contribution in [0, 0.1) is 0 Å². The van der Waals surface area contributed by atoms with E-state index in [4.69, 9.17) is 23.2 Å². The Bertz CT molecular complexity index is 546. The Labute approximate surface area is 135 Å². The van der Waals surface area contributed by atoms with Crippen molar-refractivity contribution in [2.75, 3.05) is 20.1 Å². The van der Waals surface area contributed by atoms with Crippen molar-refractivity contribution in [3.8, 4) is 0 Å². The van der Waals surface area contributed by atoms with Gasteiger partial charge in [-0.2, -0.15) is 4.31 Å². The highest BCUT2D eigenvalue weighted by molar-refractivity contribution is 7.89. The first kappa shape index (κ1) is 18.0. The fraction of sp³-hybridized carbons (Fsp3) is 0.500. The van der Waals surface area contributed by atoms with Gasteiger partial charge in [0, 0.05) is 19.1 Å². The van der Waals surface area contributed by atoms with Crippen LogP contribution in [-0.2, 0) is 10.0 Å². The van der Waals surface area contributed by atoms with Crippen LogP contribution in [-0.4, -0.2) is 38.9 Å². The second-order valence-corrected chi connectivity index (χ2v) is 7.16. The molecule has 0 saturated carbocycles. The summed E-state index contributed by atoms with van der Waals surface area (Å²) in [7, 11) is -1.83. The Balaban J connectivity index is 0.00000200. The zero-order valence-electron chi connectivity index (χ0n) is 11.0. The van der Waals surface area contributed by atoms with Crippen molar-refractivity contribution >= 4 is 45.6 Å². The molecule has 1 aliphatic rings. The molecule has 1 aromatic carbocycles. The molecule has 1 fully saturated rings. The van der Waals surface area contributed by atoms with Crippen molar-refractivity contribution in [3.05, 3.63) is 28.2 Å². The number of hydrogen-bond donors (Lipinski definition) is 1. The van der Waals surface area contributed by atoms with Crippen LogP contribution in [0.5, 0.6) is 0 Å². The van der Waals surface area contributed by atoms with Crippen LogP contribution < -0.4 is 5.32 Å². The van der Waals surface area contributed by atoms with E-state index in [1.54, 1.807) is 18.2 Å². The molecule has 1 aromatic rings. The number of rotatable bonds is 4. The number of nitrogens with zero attached hydrogens (tertiary/aromatic N) is 1. The van der Waals surface area contributed by atoms with E-state index in [1.807, 2.05) is 7.05 Å². The van der Waals surface area contributed by atoms with Gasteiger partial charge in [0.15, 0.2) is 0 Å². The summed E-state index contributed by atoms with van der Waals surface area (Å²) in [6.07, 6.45) is 1.70. The molecule has 1 atom stereocenters. The highest BCUT2D eigenvalue weighted by atomic mass is 35.5. The van der Waals surface area contributed by atoms with Gasteiger partial charge in [0.05, 0.1) is 10.0 Å². The second kappa shape index (κ2) is 7.29. The lowest BCUT2D eigenvalue weighted by atomic mass is 10.2. The van der Waals surface area contributed by atoms with Gasteiger partial charge in [-0.25, -0.2) is 8.42 Å². The third-order valence-electron chi connectivity index (χ3n) is 3.25. The van der Waals surface area contributed by atoms with Crippen LogP contribution >= 0.6 is 35.6 Å². The molecule has 20 heavy (non-hydrogen) atoms. The van der Waals surface area contributed by atoms with Crippen molar-refractivity contribution in [1.82, 2.24) is 9.62 Å². The number of nitrogens with one attached hydrogen (secondary N) is 1. The number of likely N-dealkylation sites (N-methyl/N-ethyl adjacent to an activating group) is 1. The molecule has 8 heteroatoms. The third-order valence-corrected chi connectivity index (χ3v) is 6.16. The summed E-state index contributed by atoms with van der Waals surface area (Å²) in [5, 5.41) is 3.36. The number of benzene rings is 1. The molecular weight excluding hydrogens is 343 g/mol.